The summed E-state index contributed by atoms with van der Waals surface area (Å²) in [5.74, 6) is 0.430. The van der Waals surface area contributed by atoms with E-state index in [9.17, 15) is 14.4 Å². The van der Waals surface area contributed by atoms with Gasteiger partial charge in [-0.2, -0.15) is 0 Å². The number of rotatable bonds is 7. The zero-order chi connectivity index (χ0) is 27.7. The lowest BCUT2D eigenvalue weighted by Gasteiger charge is -2.37. The van der Waals surface area contributed by atoms with Gasteiger partial charge in [0.05, 0.1) is 36.2 Å². The van der Waals surface area contributed by atoms with Gasteiger partial charge >= 0.3 is 6.03 Å². The maximum absolute atomic E-state index is 13.7. The second-order valence-corrected chi connectivity index (χ2v) is 10.4. The fourth-order valence-electron chi connectivity index (χ4n) is 5.44. The van der Waals surface area contributed by atoms with E-state index in [1.54, 1.807) is 28.0 Å². The van der Waals surface area contributed by atoms with Crippen LogP contribution in [0, 0.1) is 0 Å². The molecule has 4 amide bonds. The zero-order valence-corrected chi connectivity index (χ0v) is 23.5. The van der Waals surface area contributed by atoms with Crippen molar-refractivity contribution >= 4 is 46.7 Å². The fraction of sp³-hybridized carbons (Fsp3) is 0.393. The SMILES string of the molecule is CCOc1ccccc1N1CCN(C(=O)CN2CC3=C(C2=O)[C@H](c2ccc(Cl)cc2Cl)NC(=O)N3CC)CC1. The average Bonchev–Trinajstić information content (AvgIpc) is 3.24. The van der Waals surface area contributed by atoms with Crippen LogP contribution in [0.25, 0.3) is 0 Å². The average molecular weight is 572 g/mol. The summed E-state index contributed by atoms with van der Waals surface area (Å²) in [7, 11) is 0. The minimum absolute atomic E-state index is 0.0613. The highest BCUT2D eigenvalue weighted by Gasteiger charge is 2.44. The van der Waals surface area contributed by atoms with Gasteiger partial charge in [0.1, 0.15) is 12.3 Å². The lowest BCUT2D eigenvalue weighted by atomic mass is 9.95. The first-order chi connectivity index (χ1) is 18.8. The molecule has 0 aliphatic carbocycles. The Morgan fingerprint density at radius 2 is 1.79 bits per heavy atom. The van der Waals surface area contributed by atoms with Gasteiger partial charge in [-0.25, -0.2) is 4.79 Å². The molecule has 0 aromatic heterocycles. The van der Waals surface area contributed by atoms with E-state index in [1.807, 2.05) is 38.1 Å². The highest BCUT2D eigenvalue weighted by molar-refractivity contribution is 6.35. The van der Waals surface area contributed by atoms with Gasteiger partial charge in [0.25, 0.3) is 5.91 Å². The Morgan fingerprint density at radius 3 is 2.49 bits per heavy atom. The summed E-state index contributed by atoms with van der Waals surface area (Å²) >= 11 is 12.5. The van der Waals surface area contributed by atoms with E-state index in [0.29, 0.717) is 66.2 Å². The van der Waals surface area contributed by atoms with Crippen molar-refractivity contribution in [1.82, 2.24) is 20.0 Å². The molecule has 1 atom stereocenters. The van der Waals surface area contributed by atoms with Crippen LogP contribution in [0.2, 0.25) is 10.0 Å². The molecule has 9 nitrogen and oxygen atoms in total. The van der Waals surface area contributed by atoms with Crippen LogP contribution in [0.3, 0.4) is 0 Å². The van der Waals surface area contributed by atoms with Crippen LogP contribution >= 0.6 is 23.2 Å². The van der Waals surface area contributed by atoms with Crippen molar-refractivity contribution in [3.05, 3.63) is 69.3 Å². The van der Waals surface area contributed by atoms with E-state index >= 15 is 0 Å². The standard InChI is InChI=1S/C28H31Cl2N5O4/c1-3-35-22-16-34(27(37)25(22)26(31-28(35)38)19-10-9-18(29)15-20(19)30)17-24(36)33-13-11-32(12-14-33)21-7-5-6-8-23(21)39-4-2/h5-10,15,26H,3-4,11-14,16-17H2,1-2H3,(H,31,38)/t26-/m0/s1. The molecule has 3 aliphatic rings. The normalized spacial score (nSPS) is 19.4. The number of ether oxygens (including phenoxy) is 1. The van der Waals surface area contributed by atoms with Crippen LogP contribution in [0.4, 0.5) is 10.5 Å². The number of piperazine rings is 1. The Balaban J connectivity index is 1.28. The first kappa shape index (κ1) is 27.1. The van der Waals surface area contributed by atoms with Crippen molar-refractivity contribution in [1.29, 1.82) is 0 Å². The van der Waals surface area contributed by atoms with E-state index < -0.39 is 6.04 Å². The van der Waals surface area contributed by atoms with Crippen molar-refractivity contribution in [2.24, 2.45) is 0 Å². The molecule has 5 rings (SSSR count). The van der Waals surface area contributed by atoms with Crippen LogP contribution in [-0.2, 0) is 9.59 Å². The number of urea groups is 1. The second-order valence-electron chi connectivity index (χ2n) is 9.58. The number of likely N-dealkylation sites (N-methyl/N-ethyl adjacent to an activating group) is 1. The largest absolute Gasteiger partial charge is 0.492 e. The second kappa shape index (κ2) is 11.4. The molecule has 0 unspecified atom stereocenters. The van der Waals surface area contributed by atoms with Gasteiger partial charge in [-0.3, -0.25) is 14.5 Å². The van der Waals surface area contributed by atoms with Gasteiger partial charge in [0.15, 0.2) is 0 Å². The molecular formula is C28H31Cl2N5O4. The molecule has 0 saturated carbocycles. The minimum atomic E-state index is -0.721. The van der Waals surface area contributed by atoms with Gasteiger partial charge in [-0.15, -0.1) is 0 Å². The summed E-state index contributed by atoms with van der Waals surface area (Å²) in [4.78, 5) is 47.0. The number of nitrogens with one attached hydrogen (secondary N) is 1. The number of halogens is 2. The van der Waals surface area contributed by atoms with Crippen molar-refractivity contribution in [2.75, 3.05) is 57.3 Å². The van der Waals surface area contributed by atoms with Crippen LogP contribution < -0.4 is 15.0 Å². The number of anilines is 1. The highest BCUT2D eigenvalue weighted by Crippen LogP contribution is 2.39. The van der Waals surface area contributed by atoms with E-state index in [4.69, 9.17) is 27.9 Å². The lowest BCUT2D eigenvalue weighted by Crippen LogP contribution is -2.51. The molecule has 206 valence electrons. The maximum atomic E-state index is 13.7. The summed E-state index contributed by atoms with van der Waals surface area (Å²) in [5, 5.41) is 3.73. The quantitative estimate of drug-likeness (QED) is 0.544. The molecule has 0 bridgehead atoms. The van der Waals surface area contributed by atoms with Crippen LogP contribution in [0.15, 0.2) is 53.7 Å². The predicted molar refractivity (Wildman–Crippen MR) is 150 cm³/mol. The van der Waals surface area contributed by atoms with Gasteiger partial charge in [0, 0.05) is 42.8 Å². The van der Waals surface area contributed by atoms with Crippen molar-refractivity contribution in [3.63, 3.8) is 0 Å². The summed E-state index contributed by atoms with van der Waals surface area (Å²) in [6.07, 6.45) is 0. The lowest BCUT2D eigenvalue weighted by molar-refractivity contribution is -0.137. The smallest absolute Gasteiger partial charge is 0.322 e. The number of benzene rings is 2. The predicted octanol–water partition coefficient (Wildman–Crippen LogP) is 3.92. The van der Waals surface area contributed by atoms with Crippen LogP contribution in [0.5, 0.6) is 5.75 Å². The van der Waals surface area contributed by atoms with Crippen molar-refractivity contribution in [2.45, 2.75) is 19.9 Å². The first-order valence-electron chi connectivity index (χ1n) is 13.1. The number of amides is 4. The summed E-state index contributed by atoms with van der Waals surface area (Å²) in [6.45, 7) is 7.31. The summed E-state index contributed by atoms with van der Waals surface area (Å²) in [5.41, 5.74) is 2.64. The first-order valence-corrected chi connectivity index (χ1v) is 13.9. The molecule has 2 aromatic carbocycles. The van der Waals surface area contributed by atoms with E-state index in [-0.39, 0.29) is 30.9 Å². The molecular weight excluding hydrogens is 541 g/mol. The monoisotopic (exact) mass is 571 g/mol. The van der Waals surface area contributed by atoms with Crippen molar-refractivity contribution in [3.8, 4) is 5.75 Å². The maximum Gasteiger partial charge on any atom is 0.322 e. The van der Waals surface area contributed by atoms with E-state index in [0.717, 1.165) is 11.4 Å². The third kappa shape index (κ3) is 5.25. The molecule has 3 aliphatic heterocycles. The number of carbonyl (C=O) groups is 3. The Bertz CT molecular complexity index is 1320. The number of hydrogen-bond donors (Lipinski definition) is 1. The number of hydrogen-bond acceptors (Lipinski definition) is 5. The van der Waals surface area contributed by atoms with Gasteiger partial charge < -0.3 is 24.8 Å². The Kier molecular flexibility index (Phi) is 7.91. The molecule has 1 fully saturated rings. The Hall–Kier alpha value is -3.43. The van der Waals surface area contributed by atoms with E-state index in [1.165, 1.54) is 4.90 Å². The van der Waals surface area contributed by atoms with Gasteiger partial charge in [-0.05, 0) is 43.7 Å². The molecule has 0 spiro atoms. The highest BCUT2D eigenvalue weighted by atomic mass is 35.5. The number of para-hydroxylation sites is 2. The van der Waals surface area contributed by atoms with Crippen LogP contribution in [0.1, 0.15) is 25.5 Å². The van der Waals surface area contributed by atoms with Crippen LogP contribution in [-0.4, -0.2) is 85.0 Å². The topological polar surface area (TPSA) is 85.4 Å². The molecule has 39 heavy (non-hydrogen) atoms. The summed E-state index contributed by atoms with van der Waals surface area (Å²) in [6, 6.07) is 11.9. The molecule has 1 N–H and O–H groups in total. The minimum Gasteiger partial charge on any atom is -0.492 e. The fourth-order valence-corrected chi connectivity index (χ4v) is 5.95. The molecule has 11 heteroatoms. The zero-order valence-electron chi connectivity index (χ0n) is 22.0. The third-order valence-electron chi connectivity index (χ3n) is 7.35. The number of nitrogens with zero attached hydrogens (tertiary/aromatic N) is 4. The third-order valence-corrected chi connectivity index (χ3v) is 7.91. The molecule has 1 saturated heterocycles. The van der Waals surface area contributed by atoms with E-state index in [2.05, 4.69) is 10.2 Å². The number of carbonyl (C=O) groups excluding carboxylic acids is 3. The van der Waals surface area contributed by atoms with Gasteiger partial charge in [-0.1, -0.05) is 41.4 Å². The Labute approximate surface area is 237 Å². The Morgan fingerprint density at radius 1 is 1.05 bits per heavy atom. The molecule has 3 heterocycles. The summed E-state index contributed by atoms with van der Waals surface area (Å²) < 4.78 is 5.77. The molecule has 2 aromatic rings. The molecule has 0 radical (unpaired) electrons. The van der Waals surface area contributed by atoms with Gasteiger partial charge in [0.2, 0.25) is 5.91 Å². The van der Waals surface area contributed by atoms with Crippen molar-refractivity contribution < 1.29 is 19.1 Å².